The first-order valence-electron chi connectivity index (χ1n) is 10.5. The summed E-state index contributed by atoms with van der Waals surface area (Å²) in [4.78, 5) is 13.2. The molecule has 30 heavy (non-hydrogen) atoms. The molecular weight excluding hydrogens is 376 g/mol. The van der Waals surface area contributed by atoms with Crippen molar-refractivity contribution in [3.05, 3.63) is 71.5 Å². The SMILES string of the molecule is CCc1ccc(NC(=O)c2cnn(-c3ccc(OC)cc3)c2C2CCNCC2)cc1. The number of aryl methyl sites for hydroxylation is 1. The number of hydrogen-bond donors (Lipinski definition) is 2. The van der Waals surface area contributed by atoms with Crippen LogP contribution in [0.3, 0.4) is 0 Å². The van der Waals surface area contributed by atoms with Gasteiger partial charge >= 0.3 is 0 Å². The van der Waals surface area contributed by atoms with Crippen molar-refractivity contribution in [2.24, 2.45) is 0 Å². The Bertz CT molecular complexity index is 987. The van der Waals surface area contributed by atoms with E-state index in [4.69, 9.17) is 4.74 Å². The first-order chi connectivity index (χ1) is 14.7. The topological polar surface area (TPSA) is 68.2 Å². The van der Waals surface area contributed by atoms with Gasteiger partial charge in [-0.1, -0.05) is 19.1 Å². The lowest BCUT2D eigenvalue weighted by Crippen LogP contribution is -2.29. The Labute approximate surface area is 177 Å². The number of aromatic nitrogens is 2. The number of piperidine rings is 1. The zero-order chi connectivity index (χ0) is 20.9. The van der Waals surface area contributed by atoms with Crippen LogP contribution in [-0.2, 0) is 6.42 Å². The van der Waals surface area contributed by atoms with Gasteiger partial charge < -0.3 is 15.4 Å². The summed E-state index contributed by atoms with van der Waals surface area (Å²) >= 11 is 0. The van der Waals surface area contributed by atoms with Gasteiger partial charge in [-0.15, -0.1) is 0 Å². The summed E-state index contributed by atoms with van der Waals surface area (Å²) in [7, 11) is 1.65. The van der Waals surface area contributed by atoms with Gasteiger partial charge in [0.05, 0.1) is 30.3 Å². The fourth-order valence-corrected chi connectivity index (χ4v) is 3.97. The molecule has 2 heterocycles. The minimum absolute atomic E-state index is 0.118. The van der Waals surface area contributed by atoms with Gasteiger partial charge in [-0.2, -0.15) is 5.10 Å². The molecule has 6 heteroatoms. The minimum atomic E-state index is -0.118. The summed E-state index contributed by atoms with van der Waals surface area (Å²) in [5.74, 6) is 0.953. The van der Waals surface area contributed by atoms with Crippen LogP contribution in [0.4, 0.5) is 5.69 Å². The number of methoxy groups -OCH3 is 1. The molecule has 2 N–H and O–H groups in total. The minimum Gasteiger partial charge on any atom is -0.497 e. The second-order valence-electron chi connectivity index (χ2n) is 7.58. The van der Waals surface area contributed by atoms with Crippen molar-refractivity contribution in [3.63, 3.8) is 0 Å². The highest BCUT2D eigenvalue weighted by Crippen LogP contribution is 2.31. The summed E-state index contributed by atoms with van der Waals surface area (Å²) < 4.78 is 7.18. The molecule has 1 aliphatic rings. The molecule has 0 saturated carbocycles. The van der Waals surface area contributed by atoms with E-state index in [1.165, 1.54) is 5.56 Å². The third kappa shape index (κ3) is 4.24. The Morgan fingerprint density at radius 2 is 1.83 bits per heavy atom. The molecule has 1 saturated heterocycles. The molecule has 0 atom stereocenters. The highest BCUT2D eigenvalue weighted by atomic mass is 16.5. The molecule has 2 aromatic carbocycles. The molecule has 1 amide bonds. The normalized spacial score (nSPS) is 14.5. The van der Waals surface area contributed by atoms with E-state index in [2.05, 4.69) is 22.7 Å². The molecule has 1 fully saturated rings. The second kappa shape index (κ2) is 9.13. The van der Waals surface area contributed by atoms with Crippen molar-refractivity contribution in [2.45, 2.75) is 32.1 Å². The number of anilines is 1. The Morgan fingerprint density at radius 3 is 2.47 bits per heavy atom. The average molecular weight is 405 g/mol. The molecule has 1 aromatic heterocycles. The number of hydrogen-bond acceptors (Lipinski definition) is 4. The van der Waals surface area contributed by atoms with Gasteiger partial charge in [-0.25, -0.2) is 4.68 Å². The predicted molar refractivity (Wildman–Crippen MR) is 119 cm³/mol. The van der Waals surface area contributed by atoms with Crippen molar-refractivity contribution in [1.82, 2.24) is 15.1 Å². The van der Waals surface area contributed by atoms with E-state index in [1.807, 2.05) is 53.2 Å². The van der Waals surface area contributed by atoms with Crippen LogP contribution in [0.5, 0.6) is 5.75 Å². The molecule has 0 radical (unpaired) electrons. The smallest absolute Gasteiger partial charge is 0.259 e. The van der Waals surface area contributed by atoms with Gasteiger partial charge in [0.25, 0.3) is 5.91 Å². The van der Waals surface area contributed by atoms with Crippen molar-refractivity contribution in [3.8, 4) is 11.4 Å². The van der Waals surface area contributed by atoms with Gasteiger partial charge in [0.1, 0.15) is 5.75 Å². The molecule has 1 aliphatic heterocycles. The summed E-state index contributed by atoms with van der Waals surface area (Å²) in [6.45, 7) is 4.00. The van der Waals surface area contributed by atoms with Crippen LogP contribution in [0.15, 0.2) is 54.7 Å². The van der Waals surface area contributed by atoms with Crippen molar-refractivity contribution in [1.29, 1.82) is 0 Å². The maximum absolute atomic E-state index is 13.2. The molecule has 0 bridgehead atoms. The molecule has 3 aromatic rings. The maximum atomic E-state index is 13.2. The zero-order valence-electron chi connectivity index (χ0n) is 17.5. The average Bonchev–Trinajstić information content (AvgIpc) is 3.25. The molecule has 4 rings (SSSR count). The first-order valence-corrected chi connectivity index (χ1v) is 10.5. The lowest BCUT2D eigenvalue weighted by Gasteiger charge is -2.24. The van der Waals surface area contributed by atoms with E-state index in [-0.39, 0.29) is 11.8 Å². The van der Waals surface area contributed by atoms with Gasteiger partial charge in [0, 0.05) is 11.6 Å². The van der Waals surface area contributed by atoms with Gasteiger partial charge in [-0.05, 0) is 74.3 Å². The number of carbonyl (C=O) groups excluding carboxylic acids is 1. The molecule has 0 spiro atoms. The van der Waals surface area contributed by atoms with Crippen LogP contribution in [-0.4, -0.2) is 35.9 Å². The van der Waals surface area contributed by atoms with Gasteiger partial charge in [-0.3, -0.25) is 4.79 Å². The summed E-state index contributed by atoms with van der Waals surface area (Å²) in [6.07, 6.45) is 4.63. The van der Waals surface area contributed by atoms with Gasteiger partial charge in [0.2, 0.25) is 0 Å². The quantitative estimate of drug-likeness (QED) is 0.647. The number of carbonyl (C=O) groups is 1. The van der Waals surface area contributed by atoms with E-state index < -0.39 is 0 Å². The fourth-order valence-electron chi connectivity index (χ4n) is 3.97. The van der Waals surface area contributed by atoms with Crippen LogP contribution in [0.1, 0.15) is 47.3 Å². The Hall–Kier alpha value is -3.12. The standard InChI is InChI=1S/C24H28N4O2/c1-3-17-4-6-19(7-5-17)27-24(29)22-16-26-28(20-8-10-21(30-2)11-9-20)23(22)18-12-14-25-15-13-18/h4-11,16,18,25H,3,12-15H2,1-2H3,(H,27,29). The second-order valence-corrected chi connectivity index (χ2v) is 7.58. The highest BCUT2D eigenvalue weighted by molar-refractivity contribution is 6.05. The Kier molecular flexibility index (Phi) is 6.14. The van der Waals surface area contributed by atoms with Crippen molar-refractivity contribution in [2.75, 3.05) is 25.5 Å². The van der Waals surface area contributed by atoms with Crippen LogP contribution in [0, 0.1) is 0 Å². The lowest BCUT2D eigenvalue weighted by atomic mass is 9.91. The summed E-state index contributed by atoms with van der Waals surface area (Å²) in [5, 5.41) is 11.0. The number of nitrogens with one attached hydrogen (secondary N) is 2. The monoisotopic (exact) mass is 404 g/mol. The van der Waals surface area contributed by atoms with Gasteiger partial charge in [0.15, 0.2) is 0 Å². The number of nitrogens with zero attached hydrogens (tertiary/aromatic N) is 2. The summed E-state index contributed by atoms with van der Waals surface area (Å²) in [6, 6.07) is 15.8. The Morgan fingerprint density at radius 1 is 1.13 bits per heavy atom. The van der Waals surface area contributed by atoms with E-state index in [0.717, 1.165) is 55.2 Å². The lowest BCUT2D eigenvalue weighted by molar-refractivity contribution is 0.102. The van der Waals surface area contributed by atoms with E-state index >= 15 is 0 Å². The van der Waals surface area contributed by atoms with Crippen LogP contribution < -0.4 is 15.4 Å². The largest absolute Gasteiger partial charge is 0.497 e. The van der Waals surface area contributed by atoms with Crippen LogP contribution in [0.25, 0.3) is 5.69 Å². The highest BCUT2D eigenvalue weighted by Gasteiger charge is 2.27. The number of amides is 1. The number of benzene rings is 2. The van der Waals surface area contributed by atoms with Crippen molar-refractivity contribution >= 4 is 11.6 Å². The Balaban J connectivity index is 1.67. The molecule has 6 nitrogen and oxygen atoms in total. The third-order valence-corrected chi connectivity index (χ3v) is 5.71. The summed E-state index contributed by atoms with van der Waals surface area (Å²) in [5.41, 5.74) is 4.58. The van der Waals surface area contributed by atoms with E-state index in [0.29, 0.717) is 5.56 Å². The molecule has 0 unspecified atom stereocenters. The van der Waals surface area contributed by atoms with Crippen molar-refractivity contribution < 1.29 is 9.53 Å². The number of rotatable bonds is 6. The number of ether oxygens (including phenoxy) is 1. The molecule has 156 valence electrons. The molecule has 0 aliphatic carbocycles. The molecular formula is C24H28N4O2. The van der Waals surface area contributed by atoms with Crippen LogP contribution in [0.2, 0.25) is 0 Å². The maximum Gasteiger partial charge on any atom is 0.259 e. The fraction of sp³-hybridized carbons (Fsp3) is 0.333. The van der Waals surface area contributed by atoms with E-state index in [1.54, 1.807) is 13.3 Å². The third-order valence-electron chi connectivity index (χ3n) is 5.71. The first kappa shape index (κ1) is 20.2. The zero-order valence-corrected chi connectivity index (χ0v) is 17.5. The van der Waals surface area contributed by atoms with Crippen LogP contribution >= 0.6 is 0 Å². The van der Waals surface area contributed by atoms with E-state index in [9.17, 15) is 4.79 Å². The predicted octanol–water partition coefficient (Wildman–Crippen LogP) is 4.16.